The van der Waals surface area contributed by atoms with E-state index < -0.39 is 0 Å². The average Bonchev–Trinajstić information content (AvgIpc) is 2.37. The summed E-state index contributed by atoms with van der Waals surface area (Å²) in [6, 6.07) is 4.07. The Morgan fingerprint density at radius 2 is 2.24 bits per heavy atom. The highest BCUT2D eigenvalue weighted by molar-refractivity contribution is 5.72. The monoisotopic (exact) mass is 236 g/mol. The lowest BCUT2D eigenvalue weighted by molar-refractivity contribution is -0.146. The van der Waals surface area contributed by atoms with Crippen LogP contribution in [0.5, 0.6) is 0 Å². The molecule has 4 heteroatoms. The molecule has 0 radical (unpaired) electrons. The largest absolute Gasteiger partial charge is 0.469 e. The van der Waals surface area contributed by atoms with Gasteiger partial charge in [-0.25, -0.2) is 0 Å². The van der Waals surface area contributed by atoms with Crippen molar-refractivity contribution in [3.05, 3.63) is 30.1 Å². The van der Waals surface area contributed by atoms with Crippen molar-refractivity contribution in [2.45, 2.75) is 26.4 Å². The number of aromatic nitrogens is 1. The van der Waals surface area contributed by atoms with Crippen molar-refractivity contribution in [1.82, 2.24) is 9.88 Å². The van der Waals surface area contributed by atoms with Crippen molar-refractivity contribution in [3.63, 3.8) is 0 Å². The van der Waals surface area contributed by atoms with Gasteiger partial charge >= 0.3 is 5.97 Å². The molecule has 0 aromatic carbocycles. The minimum atomic E-state index is -0.171. The van der Waals surface area contributed by atoms with E-state index >= 15 is 0 Å². The third kappa shape index (κ3) is 3.82. The molecule has 1 aromatic heterocycles. The van der Waals surface area contributed by atoms with Gasteiger partial charge in [0.15, 0.2) is 0 Å². The van der Waals surface area contributed by atoms with Crippen LogP contribution in [0, 0.1) is 5.92 Å². The van der Waals surface area contributed by atoms with Crippen molar-refractivity contribution in [3.8, 4) is 0 Å². The molecule has 0 saturated carbocycles. The topological polar surface area (TPSA) is 42.4 Å². The van der Waals surface area contributed by atoms with E-state index in [0.717, 1.165) is 12.1 Å². The molecule has 0 amide bonds. The first kappa shape index (κ1) is 13.6. The zero-order valence-corrected chi connectivity index (χ0v) is 10.9. The van der Waals surface area contributed by atoms with Crippen molar-refractivity contribution in [2.75, 3.05) is 14.2 Å². The minimum absolute atomic E-state index is 0.127. The normalized spacial score (nSPS) is 14.4. The number of rotatable bonds is 5. The molecule has 4 nitrogen and oxygen atoms in total. The lowest BCUT2D eigenvalue weighted by Gasteiger charge is -2.28. The second-order valence-electron chi connectivity index (χ2n) is 4.33. The maximum absolute atomic E-state index is 11.4. The predicted molar refractivity (Wildman–Crippen MR) is 66.3 cm³/mol. The smallest absolute Gasteiger partial charge is 0.309 e. The van der Waals surface area contributed by atoms with Crippen LogP contribution in [0.4, 0.5) is 0 Å². The lowest BCUT2D eigenvalue weighted by atomic mass is 10.0. The number of hydrogen-bond donors (Lipinski definition) is 0. The third-order valence-electron chi connectivity index (χ3n) is 3.15. The molecule has 1 rings (SSSR count). The van der Waals surface area contributed by atoms with Crippen molar-refractivity contribution >= 4 is 5.97 Å². The Balaban J connectivity index is 2.58. The number of nitrogens with zero attached hydrogens (tertiary/aromatic N) is 2. The number of ether oxygens (including phenoxy) is 1. The first-order valence-electron chi connectivity index (χ1n) is 5.73. The van der Waals surface area contributed by atoms with E-state index in [1.807, 2.05) is 39.2 Å². The molecular weight excluding hydrogens is 216 g/mol. The zero-order chi connectivity index (χ0) is 12.8. The van der Waals surface area contributed by atoms with Gasteiger partial charge in [0.2, 0.25) is 0 Å². The summed E-state index contributed by atoms with van der Waals surface area (Å²) >= 11 is 0. The SMILES string of the molecule is COC(=O)C(C)C(C)N(C)Cc1cccnc1. The number of pyridine rings is 1. The second-order valence-corrected chi connectivity index (χ2v) is 4.33. The van der Waals surface area contributed by atoms with Crippen LogP contribution in [0.25, 0.3) is 0 Å². The molecule has 94 valence electrons. The van der Waals surface area contributed by atoms with Crippen LogP contribution < -0.4 is 0 Å². The van der Waals surface area contributed by atoms with E-state index in [1.54, 1.807) is 6.20 Å². The highest BCUT2D eigenvalue weighted by Crippen LogP contribution is 2.13. The van der Waals surface area contributed by atoms with E-state index in [2.05, 4.69) is 9.88 Å². The molecule has 0 fully saturated rings. The summed E-state index contributed by atoms with van der Waals surface area (Å²) in [5, 5.41) is 0. The molecule has 0 bridgehead atoms. The van der Waals surface area contributed by atoms with Crippen LogP contribution in [0.3, 0.4) is 0 Å². The first-order valence-corrected chi connectivity index (χ1v) is 5.73. The van der Waals surface area contributed by atoms with E-state index in [-0.39, 0.29) is 17.9 Å². The lowest BCUT2D eigenvalue weighted by Crippen LogP contribution is -2.38. The van der Waals surface area contributed by atoms with Crippen LogP contribution in [-0.4, -0.2) is 36.1 Å². The number of carbonyl (C=O) groups excluding carboxylic acids is 1. The summed E-state index contributed by atoms with van der Waals surface area (Å²) in [4.78, 5) is 17.6. The molecule has 2 atom stereocenters. The van der Waals surface area contributed by atoms with Crippen LogP contribution in [-0.2, 0) is 16.1 Å². The molecule has 0 aliphatic rings. The van der Waals surface area contributed by atoms with E-state index in [9.17, 15) is 4.79 Å². The van der Waals surface area contributed by atoms with Gasteiger partial charge in [0.05, 0.1) is 13.0 Å². The Kier molecular flexibility index (Phi) is 5.10. The molecule has 0 spiro atoms. The van der Waals surface area contributed by atoms with Gasteiger partial charge in [-0.05, 0) is 25.6 Å². The van der Waals surface area contributed by atoms with Gasteiger partial charge < -0.3 is 4.74 Å². The summed E-state index contributed by atoms with van der Waals surface area (Å²) in [6.07, 6.45) is 3.59. The Morgan fingerprint density at radius 1 is 1.53 bits per heavy atom. The summed E-state index contributed by atoms with van der Waals surface area (Å²) in [7, 11) is 3.42. The number of carbonyl (C=O) groups is 1. The summed E-state index contributed by atoms with van der Waals surface area (Å²) < 4.78 is 4.76. The predicted octanol–water partition coefficient (Wildman–Crippen LogP) is 1.71. The molecule has 1 heterocycles. The molecule has 2 unspecified atom stereocenters. The average molecular weight is 236 g/mol. The fraction of sp³-hybridized carbons (Fsp3) is 0.538. The Hall–Kier alpha value is -1.42. The third-order valence-corrected chi connectivity index (χ3v) is 3.15. The van der Waals surface area contributed by atoms with Gasteiger partial charge in [-0.2, -0.15) is 0 Å². The molecule has 0 N–H and O–H groups in total. The fourth-order valence-electron chi connectivity index (χ4n) is 1.69. The van der Waals surface area contributed by atoms with E-state index in [0.29, 0.717) is 0 Å². The van der Waals surface area contributed by atoms with Gasteiger partial charge in [0.1, 0.15) is 0 Å². The first-order chi connectivity index (χ1) is 8.06. The molecule has 0 saturated heterocycles. The van der Waals surface area contributed by atoms with E-state index in [1.165, 1.54) is 7.11 Å². The highest BCUT2D eigenvalue weighted by Gasteiger charge is 2.24. The molecule has 1 aromatic rings. The molecule has 0 aliphatic heterocycles. The molecule has 0 aliphatic carbocycles. The van der Waals surface area contributed by atoms with Gasteiger partial charge in [0, 0.05) is 25.0 Å². The van der Waals surface area contributed by atoms with Gasteiger partial charge in [-0.3, -0.25) is 14.7 Å². The van der Waals surface area contributed by atoms with Crippen LogP contribution in [0.1, 0.15) is 19.4 Å². The quantitative estimate of drug-likeness (QED) is 0.730. The number of hydrogen-bond acceptors (Lipinski definition) is 4. The maximum Gasteiger partial charge on any atom is 0.309 e. The van der Waals surface area contributed by atoms with Crippen LogP contribution in [0.2, 0.25) is 0 Å². The van der Waals surface area contributed by atoms with Gasteiger partial charge in [-0.15, -0.1) is 0 Å². The van der Waals surface area contributed by atoms with E-state index in [4.69, 9.17) is 4.74 Å². The summed E-state index contributed by atoms with van der Waals surface area (Å²) in [5.41, 5.74) is 1.14. The van der Waals surface area contributed by atoms with Crippen molar-refractivity contribution in [2.24, 2.45) is 5.92 Å². The number of methoxy groups -OCH3 is 1. The Bertz CT molecular complexity index is 354. The van der Waals surface area contributed by atoms with Gasteiger partial charge in [-0.1, -0.05) is 13.0 Å². The molecule has 17 heavy (non-hydrogen) atoms. The number of esters is 1. The highest BCUT2D eigenvalue weighted by atomic mass is 16.5. The summed E-state index contributed by atoms with van der Waals surface area (Å²) in [6.45, 7) is 4.69. The standard InChI is InChI=1S/C13H20N2O2/c1-10(13(16)17-4)11(2)15(3)9-12-6-5-7-14-8-12/h5-8,10-11H,9H2,1-4H3. The Labute approximate surface area is 103 Å². The second kappa shape index (κ2) is 6.35. The Morgan fingerprint density at radius 3 is 2.76 bits per heavy atom. The van der Waals surface area contributed by atoms with Gasteiger partial charge in [0.25, 0.3) is 0 Å². The van der Waals surface area contributed by atoms with Crippen molar-refractivity contribution in [1.29, 1.82) is 0 Å². The van der Waals surface area contributed by atoms with Crippen LogP contribution in [0.15, 0.2) is 24.5 Å². The molecular formula is C13H20N2O2. The fourth-order valence-corrected chi connectivity index (χ4v) is 1.69. The maximum atomic E-state index is 11.4. The zero-order valence-electron chi connectivity index (χ0n) is 10.9. The van der Waals surface area contributed by atoms with Crippen molar-refractivity contribution < 1.29 is 9.53 Å². The minimum Gasteiger partial charge on any atom is -0.469 e. The van der Waals surface area contributed by atoms with Crippen LogP contribution >= 0.6 is 0 Å². The summed E-state index contributed by atoms with van der Waals surface area (Å²) in [5.74, 6) is -0.308.